The topological polar surface area (TPSA) is 160 Å². The third kappa shape index (κ3) is 10.6. The highest BCUT2D eigenvalue weighted by atomic mass is 19.4. The molecule has 2 aliphatic carbocycles. The van der Waals surface area contributed by atoms with E-state index in [0.29, 0.717) is 12.8 Å². The number of piperidine rings is 1. The second-order valence-electron chi connectivity index (χ2n) is 15.7. The molecule has 0 radical (unpaired) electrons. The second-order valence-corrected chi connectivity index (χ2v) is 15.7. The van der Waals surface area contributed by atoms with Crippen LogP contribution in [0.15, 0.2) is 0 Å². The number of rotatable bonds is 11. The average molecular weight is 689 g/mol. The molecule has 2 saturated carbocycles. The highest BCUT2D eigenvalue weighted by Gasteiger charge is 2.70. The van der Waals surface area contributed by atoms with Crippen LogP contribution in [0.4, 0.5) is 18.0 Å². The van der Waals surface area contributed by atoms with Gasteiger partial charge in [0.2, 0.25) is 17.6 Å². The van der Waals surface area contributed by atoms with E-state index in [1.54, 1.807) is 41.5 Å². The number of hydrogen-bond acceptors (Lipinski definition) is 8. The number of likely N-dealkylation sites (tertiary alicyclic amines) is 1. The molecule has 0 aromatic heterocycles. The molecule has 15 heteroatoms. The fourth-order valence-corrected chi connectivity index (χ4v) is 6.89. The van der Waals surface area contributed by atoms with Gasteiger partial charge in [-0.3, -0.25) is 24.0 Å². The first-order chi connectivity index (χ1) is 21.9. The van der Waals surface area contributed by atoms with E-state index in [1.165, 1.54) is 4.90 Å². The first kappa shape index (κ1) is 39.1. The van der Waals surface area contributed by atoms with Crippen LogP contribution in [0.3, 0.4) is 0 Å². The molecule has 3 N–H and O–H groups in total. The Bertz CT molecular complexity index is 1250. The number of fused-ring (bicyclic) bond motifs is 1. The van der Waals surface area contributed by atoms with Gasteiger partial charge in [0.25, 0.3) is 5.91 Å². The number of ether oxygens (including phenoxy) is 2. The van der Waals surface area contributed by atoms with Gasteiger partial charge in [0.15, 0.2) is 0 Å². The van der Waals surface area contributed by atoms with Crippen LogP contribution < -0.4 is 16.0 Å². The van der Waals surface area contributed by atoms with E-state index in [4.69, 9.17) is 9.47 Å². The van der Waals surface area contributed by atoms with E-state index in [2.05, 4.69) is 16.0 Å². The summed E-state index contributed by atoms with van der Waals surface area (Å²) in [5.41, 5.74) is -2.06. The monoisotopic (exact) mass is 688 g/mol. The number of carbonyl (C=O) groups is 6. The summed E-state index contributed by atoms with van der Waals surface area (Å²) in [7, 11) is 0. The van der Waals surface area contributed by atoms with Gasteiger partial charge in [0.1, 0.15) is 29.3 Å². The predicted octanol–water partition coefficient (Wildman–Crippen LogP) is 3.80. The standard InChI is InChI=1S/C33H51F3N4O8/c1-30(2,3)47-21(41)14-15-37-27(44)25(42)20(16-33(34,35)36)38-26(43)24-22-19(32(22,7)8)17-40(24)28(45)23(18-12-10-9-11-13-18)39-29(46)48-31(4,5)6/h18-20,22-24H,9-17H2,1-8H3,(H,37,44)(H,38,43)(H,39,46). The number of hydrogen-bond donors (Lipinski definition) is 3. The van der Waals surface area contributed by atoms with Crippen LogP contribution in [0.25, 0.3) is 0 Å². The minimum Gasteiger partial charge on any atom is -0.460 e. The van der Waals surface area contributed by atoms with Crippen molar-refractivity contribution in [2.45, 2.75) is 136 Å². The van der Waals surface area contributed by atoms with Crippen molar-refractivity contribution in [2.75, 3.05) is 13.1 Å². The molecule has 48 heavy (non-hydrogen) atoms. The number of halogens is 3. The van der Waals surface area contributed by atoms with Gasteiger partial charge in [0.05, 0.1) is 12.8 Å². The Hall–Kier alpha value is -3.39. The average Bonchev–Trinajstić information content (AvgIpc) is 3.24. The van der Waals surface area contributed by atoms with Crippen LogP contribution in [-0.2, 0) is 33.4 Å². The zero-order valence-corrected chi connectivity index (χ0v) is 29.2. The minimum absolute atomic E-state index is 0.136. The molecule has 1 saturated heterocycles. The summed E-state index contributed by atoms with van der Waals surface area (Å²) in [6.45, 7) is 13.5. The van der Waals surface area contributed by atoms with Crippen LogP contribution in [0.5, 0.6) is 0 Å². The molecule has 0 spiro atoms. The normalized spacial score (nSPS) is 23.6. The lowest BCUT2D eigenvalue weighted by Crippen LogP contribution is -2.60. The fraction of sp³-hybridized carbons (Fsp3) is 0.818. The third-order valence-electron chi connectivity index (χ3n) is 9.15. The largest absolute Gasteiger partial charge is 0.460 e. The Labute approximate surface area is 280 Å². The zero-order valence-electron chi connectivity index (χ0n) is 29.2. The fourth-order valence-electron chi connectivity index (χ4n) is 6.89. The van der Waals surface area contributed by atoms with Gasteiger partial charge in [-0.15, -0.1) is 0 Å². The molecule has 0 bridgehead atoms. The molecule has 3 aliphatic rings. The van der Waals surface area contributed by atoms with E-state index < -0.39 is 88.8 Å². The van der Waals surface area contributed by atoms with Crippen LogP contribution in [0.2, 0.25) is 0 Å². The summed E-state index contributed by atoms with van der Waals surface area (Å²) in [6.07, 6.45) is -3.92. The maximum atomic E-state index is 14.2. The van der Waals surface area contributed by atoms with Crippen molar-refractivity contribution in [3.05, 3.63) is 0 Å². The molecule has 0 aromatic rings. The minimum atomic E-state index is -4.93. The molecule has 5 unspecified atom stereocenters. The Kier molecular flexibility index (Phi) is 11.9. The zero-order chi connectivity index (χ0) is 36.4. The lowest BCUT2D eigenvalue weighted by atomic mass is 9.83. The number of esters is 1. The maximum Gasteiger partial charge on any atom is 0.408 e. The smallest absolute Gasteiger partial charge is 0.408 e. The summed E-state index contributed by atoms with van der Waals surface area (Å²) in [4.78, 5) is 79.6. The van der Waals surface area contributed by atoms with Crippen LogP contribution in [-0.4, -0.2) is 89.1 Å². The number of nitrogens with zero attached hydrogens (tertiary/aromatic N) is 1. The number of ketones is 1. The van der Waals surface area contributed by atoms with Crippen molar-refractivity contribution >= 4 is 35.6 Å². The number of alkyl carbamates (subject to hydrolysis) is 1. The number of carbonyl (C=O) groups excluding carboxylic acids is 6. The highest BCUT2D eigenvalue weighted by Crippen LogP contribution is 2.65. The van der Waals surface area contributed by atoms with E-state index in [9.17, 15) is 41.9 Å². The summed E-state index contributed by atoms with van der Waals surface area (Å²) in [5.74, 6) is -5.97. The number of alkyl halides is 3. The Balaban J connectivity index is 1.80. The van der Waals surface area contributed by atoms with Gasteiger partial charge in [-0.1, -0.05) is 33.1 Å². The molecule has 3 fully saturated rings. The molecule has 4 amide bonds. The molecule has 12 nitrogen and oxygen atoms in total. The summed E-state index contributed by atoms with van der Waals surface area (Å²) >= 11 is 0. The second kappa shape index (κ2) is 14.6. The van der Waals surface area contributed by atoms with Crippen molar-refractivity contribution in [3.8, 4) is 0 Å². The Morgan fingerprint density at radius 2 is 1.46 bits per heavy atom. The molecule has 3 rings (SSSR count). The molecular weight excluding hydrogens is 637 g/mol. The van der Waals surface area contributed by atoms with Crippen LogP contribution >= 0.6 is 0 Å². The van der Waals surface area contributed by atoms with Crippen molar-refractivity contribution in [2.24, 2.45) is 23.2 Å². The number of Topliss-reactive ketones (excluding diaryl/α,β-unsaturated/α-hetero) is 1. The first-order valence-electron chi connectivity index (χ1n) is 16.6. The van der Waals surface area contributed by atoms with Crippen molar-refractivity contribution < 1.29 is 51.4 Å². The lowest BCUT2D eigenvalue weighted by molar-refractivity contribution is -0.155. The van der Waals surface area contributed by atoms with E-state index in [-0.39, 0.29) is 31.3 Å². The number of nitrogens with one attached hydrogen (secondary N) is 3. The van der Waals surface area contributed by atoms with Crippen LogP contribution in [0.1, 0.15) is 100 Å². The maximum absolute atomic E-state index is 14.2. The van der Waals surface area contributed by atoms with E-state index in [1.807, 2.05) is 13.8 Å². The Morgan fingerprint density at radius 1 is 0.875 bits per heavy atom. The van der Waals surface area contributed by atoms with Gasteiger partial charge in [-0.2, -0.15) is 13.2 Å². The molecule has 1 aliphatic heterocycles. The Morgan fingerprint density at radius 3 is 2.00 bits per heavy atom. The quantitative estimate of drug-likeness (QED) is 0.218. The predicted molar refractivity (Wildman–Crippen MR) is 167 cm³/mol. The van der Waals surface area contributed by atoms with Crippen molar-refractivity contribution in [3.63, 3.8) is 0 Å². The third-order valence-corrected chi connectivity index (χ3v) is 9.15. The summed E-state index contributed by atoms with van der Waals surface area (Å²) in [6, 6.07) is -4.53. The van der Waals surface area contributed by atoms with Gasteiger partial charge in [-0.25, -0.2) is 4.79 Å². The van der Waals surface area contributed by atoms with Gasteiger partial charge in [-0.05, 0) is 77.6 Å². The number of amides is 4. The van der Waals surface area contributed by atoms with Gasteiger partial charge >= 0.3 is 18.2 Å². The van der Waals surface area contributed by atoms with E-state index >= 15 is 0 Å². The molecule has 5 atom stereocenters. The SMILES string of the molecule is CC(C)(C)OC(=O)CCNC(=O)C(=O)C(CC(F)(F)F)NC(=O)C1C2C(CN1C(=O)C(NC(=O)OC(C)(C)C)C1CCCCC1)C2(C)C. The van der Waals surface area contributed by atoms with Gasteiger partial charge in [0, 0.05) is 13.1 Å². The molecule has 272 valence electrons. The first-order valence-corrected chi connectivity index (χ1v) is 16.6. The molecule has 1 heterocycles. The summed E-state index contributed by atoms with van der Waals surface area (Å²) in [5, 5.41) is 6.96. The van der Waals surface area contributed by atoms with Crippen molar-refractivity contribution in [1.82, 2.24) is 20.9 Å². The van der Waals surface area contributed by atoms with Crippen LogP contribution in [0, 0.1) is 23.2 Å². The summed E-state index contributed by atoms with van der Waals surface area (Å²) < 4.78 is 51.4. The van der Waals surface area contributed by atoms with E-state index in [0.717, 1.165) is 19.3 Å². The molecule has 0 aromatic carbocycles. The molecular formula is C33H51F3N4O8. The lowest BCUT2D eigenvalue weighted by Gasteiger charge is -2.37. The highest BCUT2D eigenvalue weighted by molar-refractivity contribution is 6.38. The van der Waals surface area contributed by atoms with Crippen molar-refractivity contribution in [1.29, 1.82) is 0 Å². The van der Waals surface area contributed by atoms with Gasteiger partial charge < -0.3 is 30.3 Å².